The van der Waals surface area contributed by atoms with E-state index in [0.29, 0.717) is 5.02 Å². The van der Waals surface area contributed by atoms with E-state index >= 15 is 0 Å². The summed E-state index contributed by atoms with van der Waals surface area (Å²) < 4.78 is 0. The second-order valence-corrected chi connectivity index (χ2v) is 5.11. The van der Waals surface area contributed by atoms with Crippen LogP contribution in [0, 0.1) is 13.8 Å². The lowest BCUT2D eigenvalue weighted by atomic mass is 10.2. The van der Waals surface area contributed by atoms with Crippen LogP contribution in [-0.2, 0) is 6.42 Å². The number of hydrogen-bond acceptors (Lipinski definition) is 4. The smallest absolute Gasteiger partial charge is 0.0639 e. The first-order valence-corrected chi connectivity index (χ1v) is 6.97. The van der Waals surface area contributed by atoms with Gasteiger partial charge in [0.15, 0.2) is 0 Å². The Morgan fingerprint density at radius 1 is 1.15 bits per heavy atom. The van der Waals surface area contributed by atoms with Crippen molar-refractivity contribution < 1.29 is 0 Å². The maximum absolute atomic E-state index is 6.05. The molecule has 0 radical (unpaired) electrons. The number of aromatic nitrogens is 2. The molecule has 0 amide bonds. The van der Waals surface area contributed by atoms with Crippen molar-refractivity contribution in [3.63, 3.8) is 0 Å². The Morgan fingerprint density at radius 3 is 2.65 bits per heavy atom. The zero-order valence-electron chi connectivity index (χ0n) is 12.0. The lowest BCUT2D eigenvalue weighted by Gasteiger charge is -2.09. The highest BCUT2D eigenvalue weighted by Crippen LogP contribution is 2.17. The van der Waals surface area contributed by atoms with Crippen LogP contribution in [0.5, 0.6) is 0 Å². The minimum atomic E-state index is 0.682. The number of nitrogens with one attached hydrogen (secondary N) is 2. The molecule has 0 aromatic carbocycles. The van der Waals surface area contributed by atoms with Crippen molar-refractivity contribution in [1.82, 2.24) is 9.97 Å². The average Bonchev–Trinajstić information content (AvgIpc) is 2.42. The number of halogens is 1. The number of aryl methyl sites for hydroxylation is 2. The second-order valence-electron chi connectivity index (χ2n) is 4.71. The first kappa shape index (κ1) is 14.6. The molecule has 0 unspecified atom stereocenters. The summed E-state index contributed by atoms with van der Waals surface area (Å²) in [6.07, 6.45) is 2.64. The van der Waals surface area contributed by atoms with Crippen LogP contribution in [0.15, 0.2) is 24.4 Å². The van der Waals surface area contributed by atoms with Gasteiger partial charge in [-0.2, -0.15) is 0 Å². The molecule has 106 valence electrons. The van der Waals surface area contributed by atoms with Crippen LogP contribution >= 0.6 is 11.6 Å². The summed E-state index contributed by atoms with van der Waals surface area (Å²) in [5.41, 5.74) is 4.95. The molecule has 0 bridgehead atoms. The maximum Gasteiger partial charge on any atom is 0.0639 e. The fourth-order valence-electron chi connectivity index (χ4n) is 1.95. The second kappa shape index (κ2) is 6.57. The maximum atomic E-state index is 6.05. The predicted molar refractivity (Wildman–Crippen MR) is 84.7 cm³/mol. The molecule has 0 fully saturated rings. The Balaban J connectivity index is 1.95. The summed E-state index contributed by atoms with van der Waals surface area (Å²) in [5, 5.41) is 7.13. The predicted octanol–water partition coefficient (Wildman–Crippen LogP) is 3.44. The van der Waals surface area contributed by atoms with Gasteiger partial charge in [0.2, 0.25) is 0 Å². The molecule has 5 heteroatoms. The van der Waals surface area contributed by atoms with E-state index in [0.717, 1.165) is 41.4 Å². The standard InChI is InChI=1S/C15H19ClN4/c1-10-6-13(17-3)7-12(20-10)4-5-18-14-8-15(16)11(2)19-9-14/h6-9,18H,4-5H2,1-3H3,(H,17,20). The third-order valence-corrected chi connectivity index (χ3v) is 3.41. The molecule has 20 heavy (non-hydrogen) atoms. The highest BCUT2D eigenvalue weighted by molar-refractivity contribution is 6.31. The molecular weight excluding hydrogens is 272 g/mol. The third kappa shape index (κ3) is 3.84. The van der Waals surface area contributed by atoms with Gasteiger partial charge in [-0.25, -0.2) is 0 Å². The fourth-order valence-corrected chi connectivity index (χ4v) is 2.11. The summed E-state index contributed by atoms with van der Waals surface area (Å²) >= 11 is 6.05. The number of anilines is 2. The van der Waals surface area contributed by atoms with E-state index in [1.165, 1.54) is 0 Å². The number of pyridine rings is 2. The fraction of sp³-hybridized carbons (Fsp3) is 0.333. The molecule has 0 aliphatic heterocycles. The van der Waals surface area contributed by atoms with Crippen LogP contribution in [-0.4, -0.2) is 23.6 Å². The monoisotopic (exact) mass is 290 g/mol. The largest absolute Gasteiger partial charge is 0.388 e. The van der Waals surface area contributed by atoms with Crippen molar-refractivity contribution in [1.29, 1.82) is 0 Å². The van der Waals surface area contributed by atoms with Gasteiger partial charge in [0, 0.05) is 37.1 Å². The average molecular weight is 291 g/mol. The van der Waals surface area contributed by atoms with Crippen molar-refractivity contribution >= 4 is 23.0 Å². The molecule has 0 atom stereocenters. The Labute approximate surface area is 124 Å². The van der Waals surface area contributed by atoms with Crippen molar-refractivity contribution in [2.45, 2.75) is 20.3 Å². The van der Waals surface area contributed by atoms with Crippen molar-refractivity contribution in [3.05, 3.63) is 46.5 Å². The van der Waals surface area contributed by atoms with Crippen molar-refractivity contribution in [2.24, 2.45) is 0 Å². The Kier molecular flexibility index (Phi) is 4.79. The quantitative estimate of drug-likeness (QED) is 0.885. The summed E-state index contributed by atoms with van der Waals surface area (Å²) in [7, 11) is 1.91. The van der Waals surface area contributed by atoms with Gasteiger partial charge in [0.1, 0.15) is 0 Å². The molecule has 2 aromatic rings. The first-order valence-electron chi connectivity index (χ1n) is 6.60. The van der Waals surface area contributed by atoms with Crippen molar-refractivity contribution in [2.75, 3.05) is 24.2 Å². The molecule has 0 saturated carbocycles. The topological polar surface area (TPSA) is 49.8 Å². The van der Waals surface area contributed by atoms with E-state index in [2.05, 4.69) is 26.7 Å². The number of rotatable bonds is 5. The zero-order valence-corrected chi connectivity index (χ0v) is 12.8. The summed E-state index contributed by atoms with van der Waals surface area (Å²) in [5.74, 6) is 0. The van der Waals surface area contributed by atoms with Crippen LogP contribution in [0.25, 0.3) is 0 Å². The summed E-state index contributed by atoms with van der Waals surface area (Å²) in [4.78, 5) is 8.75. The highest BCUT2D eigenvalue weighted by Gasteiger charge is 2.01. The number of nitrogens with zero attached hydrogens (tertiary/aromatic N) is 2. The van der Waals surface area contributed by atoms with Gasteiger partial charge in [0.05, 0.1) is 22.6 Å². The van der Waals surface area contributed by atoms with Crippen LogP contribution in [0.4, 0.5) is 11.4 Å². The van der Waals surface area contributed by atoms with E-state index < -0.39 is 0 Å². The lowest BCUT2D eigenvalue weighted by molar-refractivity contribution is 0.945. The molecule has 0 aliphatic carbocycles. The van der Waals surface area contributed by atoms with Crippen LogP contribution in [0.2, 0.25) is 5.02 Å². The highest BCUT2D eigenvalue weighted by atomic mass is 35.5. The van der Waals surface area contributed by atoms with Gasteiger partial charge in [-0.1, -0.05) is 11.6 Å². The molecule has 0 aliphatic rings. The molecule has 2 heterocycles. The number of hydrogen-bond donors (Lipinski definition) is 2. The molecule has 0 saturated heterocycles. The van der Waals surface area contributed by atoms with Crippen LogP contribution in [0.3, 0.4) is 0 Å². The van der Waals surface area contributed by atoms with Crippen molar-refractivity contribution in [3.8, 4) is 0 Å². The van der Waals surface area contributed by atoms with Gasteiger partial charge in [-0.15, -0.1) is 0 Å². The first-order chi connectivity index (χ1) is 9.58. The van der Waals surface area contributed by atoms with E-state index in [1.54, 1.807) is 6.20 Å². The third-order valence-electron chi connectivity index (χ3n) is 3.03. The Hall–Kier alpha value is -1.81. The zero-order chi connectivity index (χ0) is 14.5. The van der Waals surface area contributed by atoms with Gasteiger partial charge >= 0.3 is 0 Å². The van der Waals surface area contributed by atoms with E-state index in [-0.39, 0.29) is 0 Å². The van der Waals surface area contributed by atoms with Gasteiger partial charge in [-0.3, -0.25) is 9.97 Å². The minimum absolute atomic E-state index is 0.682. The van der Waals surface area contributed by atoms with Gasteiger partial charge in [-0.05, 0) is 32.0 Å². The van der Waals surface area contributed by atoms with Crippen LogP contribution in [0.1, 0.15) is 17.1 Å². The molecule has 2 aromatic heterocycles. The Bertz CT molecular complexity index is 598. The van der Waals surface area contributed by atoms with Gasteiger partial charge < -0.3 is 10.6 Å². The summed E-state index contributed by atoms with van der Waals surface area (Å²) in [6, 6.07) is 5.99. The molecular formula is C15H19ClN4. The van der Waals surface area contributed by atoms with E-state index in [9.17, 15) is 0 Å². The summed E-state index contributed by atoms with van der Waals surface area (Å²) in [6.45, 7) is 4.68. The van der Waals surface area contributed by atoms with Crippen LogP contribution < -0.4 is 10.6 Å². The van der Waals surface area contributed by atoms with E-state index in [4.69, 9.17) is 11.6 Å². The normalized spacial score (nSPS) is 10.4. The Morgan fingerprint density at radius 2 is 1.95 bits per heavy atom. The lowest BCUT2D eigenvalue weighted by Crippen LogP contribution is -2.07. The molecule has 2 rings (SSSR count). The molecule has 0 spiro atoms. The molecule has 4 nitrogen and oxygen atoms in total. The minimum Gasteiger partial charge on any atom is -0.388 e. The SMILES string of the molecule is CNc1cc(C)nc(CCNc2cnc(C)c(Cl)c2)c1. The van der Waals surface area contributed by atoms with Gasteiger partial charge in [0.25, 0.3) is 0 Å². The molecule has 2 N–H and O–H groups in total. The van der Waals surface area contributed by atoms with E-state index in [1.807, 2.05) is 33.0 Å².